The molecule has 1 aliphatic carbocycles. The zero-order chi connectivity index (χ0) is 11.1. The molecule has 3 N–H and O–H groups in total. The van der Waals surface area contributed by atoms with Crippen LogP contribution in [0.3, 0.4) is 0 Å². The number of hydrogen-bond donors (Lipinski definition) is 2. The van der Waals surface area contributed by atoms with E-state index in [0.717, 1.165) is 0 Å². The molecule has 1 aromatic carbocycles. The van der Waals surface area contributed by atoms with Crippen molar-refractivity contribution >= 4 is 27.5 Å². The lowest BCUT2D eigenvalue weighted by molar-refractivity contribution is -0.118. The highest BCUT2D eigenvalue weighted by atomic mass is 79.9. The van der Waals surface area contributed by atoms with Gasteiger partial charge < -0.3 is 11.1 Å². The van der Waals surface area contributed by atoms with Crippen molar-refractivity contribution in [3.63, 3.8) is 0 Å². The number of anilines is 1. The summed E-state index contributed by atoms with van der Waals surface area (Å²) in [5.74, 6) is -0.782. The van der Waals surface area contributed by atoms with Gasteiger partial charge in [0.25, 0.3) is 0 Å². The van der Waals surface area contributed by atoms with Crippen molar-refractivity contribution in [2.75, 3.05) is 5.32 Å². The predicted octanol–water partition coefficient (Wildman–Crippen LogP) is 2.02. The van der Waals surface area contributed by atoms with E-state index in [1.54, 1.807) is 6.07 Å². The maximum Gasteiger partial charge on any atom is 0.244 e. The molecule has 1 fully saturated rings. The second kappa shape index (κ2) is 3.57. The van der Waals surface area contributed by atoms with Crippen molar-refractivity contribution in [2.45, 2.75) is 18.4 Å². The molecule has 5 heteroatoms. The Morgan fingerprint density at radius 3 is 2.80 bits per heavy atom. The number of amides is 1. The van der Waals surface area contributed by atoms with Gasteiger partial charge in [-0.2, -0.15) is 0 Å². The first-order valence-corrected chi connectivity index (χ1v) is 5.36. The number of rotatable bonds is 2. The van der Waals surface area contributed by atoms with Crippen molar-refractivity contribution in [1.29, 1.82) is 0 Å². The SMILES string of the molecule is NC1(C(=O)Nc2cc(Br)ccc2F)CC1. The molecular formula is C10H10BrFN2O. The van der Waals surface area contributed by atoms with E-state index in [4.69, 9.17) is 5.73 Å². The van der Waals surface area contributed by atoms with E-state index < -0.39 is 11.4 Å². The van der Waals surface area contributed by atoms with Crippen molar-refractivity contribution in [3.8, 4) is 0 Å². The van der Waals surface area contributed by atoms with Gasteiger partial charge in [0.15, 0.2) is 0 Å². The third-order valence-corrected chi connectivity index (χ3v) is 2.91. The average molecular weight is 273 g/mol. The maximum absolute atomic E-state index is 13.3. The first-order chi connectivity index (χ1) is 7.01. The highest BCUT2D eigenvalue weighted by Gasteiger charge is 2.46. The molecule has 0 unspecified atom stereocenters. The summed E-state index contributed by atoms with van der Waals surface area (Å²) >= 11 is 3.20. The van der Waals surface area contributed by atoms with E-state index in [1.165, 1.54) is 12.1 Å². The van der Waals surface area contributed by atoms with Crippen molar-refractivity contribution in [3.05, 3.63) is 28.5 Å². The minimum Gasteiger partial charge on any atom is -0.322 e. The Bertz CT molecular complexity index is 418. The van der Waals surface area contributed by atoms with Gasteiger partial charge in [0.1, 0.15) is 5.82 Å². The summed E-state index contributed by atoms with van der Waals surface area (Å²) in [7, 11) is 0. The summed E-state index contributed by atoms with van der Waals surface area (Å²) in [6.07, 6.45) is 1.32. The molecule has 15 heavy (non-hydrogen) atoms. The van der Waals surface area contributed by atoms with E-state index in [2.05, 4.69) is 21.2 Å². The molecule has 80 valence electrons. The summed E-state index contributed by atoms with van der Waals surface area (Å²) in [5, 5.41) is 2.48. The maximum atomic E-state index is 13.3. The fourth-order valence-electron chi connectivity index (χ4n) is 1.20. The van der Waals surface area contributed by atoms with Crippen LogP contribution in [0.5, 0.6) is 0 Å². The quantitative estimate of drug-likeness (QED) is 0.866. The van der Waals surface area contributed by atoms with Crippen LogP contribution in [0.15, 0.2) is 22.7 Å². The third kappa shape index (κ3) is 2.18. The van der Waals surface area contributed by atoms with Crippen LogP contribution in [0, 0.1) is 5.82 Å². The lowest BCUT2D eigenvalue weighted by atomic mass is 10.2. The zero-order valence-corrected chi connectivity index (χ0v) is 9.47. The fraction of sp³-hybridized carbons (Fsp3) is 0.300. The first kappa shape index (κ1) is 10.6. The Morgan fingerprint density at radius 1 is 1.53 bits per heavy atom. The molecule has 0 spiro atoms. The summed E-state index contributed by atoms with van der Waals surface area (Å²) < 4.78 is 14.0. The van der Waals surface area contributed by atoms with Crippen LogP contribution in [0.2, 0.25) is 0 Å². The van der Waals surface area contributed by atoms with E-state index in [-0.39, 0.29) is 11.6 Å². The molecule has 1 aromatic rings. The summed E-state index contributed by atoms with van der Waals surface area (Å²) in [4.78, 5) is 11.5. The Balaban J connectivity index is 2.16. The highest BCUT2D eigenvalue weighted by Crippen LogP contribution is 2.33. The van der Waals surface area contributed by atoms with Crippen LogP contribution in [-0.4, -0.2) is 11.4 Å². The Kier molecular flexibility index (Phi) is 2.52. The van der Waals surface area contributed by atoms with Crippen molar-refractivity contribution in [2.24, 2.45) is 5.73 Å². The average Bonchev–Trinajstić information content (AvgIpc) is 2.91. The number of benzene rings is 1. The van der Waals surface area contributed by atoms with Crippen molar-refractivity contribution in [1.82, 2.24) is 0 Å². The minimum absolute atomic E-state index is 0.158. The number of carbonyl (C=O) groups is 1. The van der Waals surface area contributed by atoms with E-state index in [0.29, 0.717) is 17.3 Å². The molecule has 1 saturated carbocycles. The van der Waals surface area contributed by atoms with E-state index in [9.17, 15) is 9.18 Å². The van der Waals surface area contributed by atoms with Gasteiger partial charge in [-0.3, -0.25) is 4.79 Å². The Labute approximate surface area is 95.0 Å². The molecule has 0 atom stereocenters. The molecule has 0 aliphatic heterocycles. The molecule has 0 aromatic heterocycles. The fourth-order valence-corrected chi connectivity index (χ4v) is 1.56. The van der Waals surface area contributed by atoms with Gasteiger partial charge in [0.05, 0.1) is 11.2 Å². The van der Waals surface area contributed by atoms with Crippen molar-refractivity contribution < 1.29 is 9.18 Å². The van der Waals surface area contributed by atoms with Crippen LogP contribution in [0.25, 0.3) is 0 Å². The molecule has 0 radical (unpaired) electrons. The zero-order valence-electron chi connectivity index (χ0n) is 7.89. The Hall–Kier alpha value is -0.940. The smallest absolute Gasteiger partial charge is 0.244 e. The number of nitrogens with one attached hydrogen (secondary N) is 1. The van der Waals surface area contributed by atoms with Gasteiger partial charge >= 0.3 is 0 Å². The van der Waals surface area contributed by atoms with Gasteiger partial charge in [0.2, 0.25) is 5.91 Å². The molecule has 2 rings (SSSR count). The monoisotopic (exact) mass is 272 g/mol. The number of carbonyl (C=O) groups excluding carboxylic acids is 1. The summed E-state index contributed by atoms with van der Waals surface area (Å²) in [5.41, 5.74) is 5.06. The molecule has 1 aliphatic rings. The van der Waals surface area contributed by atoms with Crippen LogP contribution in [0.4, 0.5) is 10.1 Å². The van der Waals surface area contributed by atoms with Gasteiger partial charge in [-0.25, -0.2) is 4.39 Å². The third-order valence-electron chi connectivity index (χ3n) is 2.42. The number of hydrogen-bond acceptors (Lipinski definition) is 2. The first-order valence-electron chi connectivity index (χ1n) is 4.57. The summed E-state index contributed by atoms with van der Waals surface area (Å²) in [6.45, 7) is 0. The lowest BCUT2D eigenvalue weighted by Gasteiger charge is -2.10. The second-order valence-electron chi connectivity index (χ2n) is 3.73. The molecule has 1 amide bonds. The van der Waals surface area contributed by atoms with Crippen LogP contribution in [0.1, 0.15) is 12.8 Å². The topological polar surface area (TPSA) is 55.1 Å². The minimum atomic E-state index is -0.783. The van der Waals surface area contributed by atoms with Gasteiger partial charge in [-0.1, -0.05) is 15.9 Å². The molecule has 3 nitrogen and oxygen atoms in total. The molecule has 0 heterocycles. The van der Waals surface area contributed by atoms with Crippen LogP contribution in [-0.2, 0) is 4.79 Å². The van der Waals surface area contributed by atoms with Gasteiger partial charge in [0, 0.05) is 4.47 Å². The van der Waals surface area contributed by atoms with E-state index >= 15 is 0 Å². The van der Waals surface area contributed by atoms with Gasteiger partial charge in [-0.05, 0) is 31.0 Å². The van der Waals surface area contributed by atoms with Crippen LogP contribution >= 0.6 is 15.9 Å². The summed E-state index contributed by atoms with van der Waals surface area (Å²) in [6, 6.07) is 4.37. The van der Waals surface area contributed by atoms with E-state index in [1.807, 2.05) is 0 Å². The second-order valence-corrected chi connectivity index (χ2v) is 4.65. The largest absolute Gasteiger partial charge is 0.322 e. The number of nitrogens with two attached hydrogens (primary N) is 1. The standard InChI is InChI=1S/C10H10BrFN2O/c11-6-1-2-7(12)8(5-6)14-9(15)10(13)3-4-10/h1-2,5H,3-4,13H2,(H,14,15). The molecular weight excluding hydrogens is 263 g/mol. The highest BCUT2D eigenvalue weighted by molar-refractivity contribution is 9.10. The van der Waals surface area contributed by atoms with Gasteiger partial charge in [-0.15, -0.1) is 0 Å². The number of halogens is 2. The molecule has 0 bridgehead atoms. The lowest BCUT2D eigenvalue weighted by Crippen LogP contribution is -2.38. The normalized spacial score (nSPS) is 17.3. The Morgan fingerprint density at radius 2 is 2.20 bits per heavy atom. The molecule has 0 saturated heterocycles. The van der Waals surface area contributed by atoms with Crippen LogP contribution < -0.4 is 11.1 Å². The predicted molar refractivity (Wildman–Crippen MR) is 58.9 cm³/mol.